The Labute approximate surface area is 108 Å². The molecule has 6 nitrogen and oxygen atoms in total. The first-order chi connectivity index (χ1) is 9.10. The number of anilines is 1. The molecule has 0 saturated carbocycles. The lowest BCUT2D eigenvalue weighted by atomic mass is 10.2. The van der Waals surface area contributed by atoms with Crippen LogP contribution in [0, 0.1) is 15.9 Å². The number of benzene rings is 1. The molecule has 1 aromatic heterocycles. The van der Waals surface area contributed by atoms with E-state index in [0.717, 1.165) is 11.6 Å². The van der Waals surface area contributed by atoms with E-state index in [2.05, 4.69) is 17.0 Å². The zero-order chi connectivity index (χ0) is 13.8. The third-order valence-electron chi connectivity index (χ3n) is 2.48. The zero-order valence-electron chi connectivity index (χ0n) is 9.91. The van der Waals surface area contributed by atoms with Gasteiger partial charge in [0.2, 0.25) is 0 Å². The summed E-state index contributed by atoms with van der Waals surface area (Å²) in [6.45, 7) is 3.91. The molecule has 2 rings (SSSR count). The molecule has 0 aliphatic heterocycles. The minimum Gasteiger partial charge on any atom is -0.375 e. The number of rotatable bonds is 5. The molecule has 19 heavy (non-hydrogen) atoms. The third-order valence-corrected chi connectivity index (χ3v) is 2.48. The Bertz CT molecular complexity index is 624. The van der Waals surface area contributed by atoms with Gasteiger partial charge < -0.3 is 5.32 Å². The summed E-state index contributed by atoms with van der Waals surface area (Å²) in [7, 11) is 0. The van der Waals surface area contributed by atoms with Crippen LogP contribution in [0.3, 0.4) is 0 Å². The SMILES string of the molecule is C=Cn1cc(CNc2ccc(F)cc2[N+](=O)[O-])cn1. The number of halogens is 1. The Morgan fingerprint density at radius 2 is 2.37 bits per heavy atom. The molecular weight excluding hydrogens is 251 g/mol. The molecule has 1 N–H and O–H groups in total. The maximum Gasteiger partial charge on any atom is 0.295 e. The average Bonchev–Trinajstić information content (AvgIpc) is 2.85. The van der Waals surface area contributed by atoms with Crippen molar-refractivity contribution in [3.63, 3.8) is 0 Å². The van der Waals surface area contributed by atoms with Crippen molar-refractivity contribution in [2.24, 2.45) is 0 Å². The van der Waals surface area contributed by atoms with Gasteiger partial charge in [-0.2, -0.15) is 5.10 Å². The maximum atomic E-state index is 13.0. The summed E-state index contributed by atoms with van der Waals surface area (Å²) in [4.78, 5) is 10.2. The van der Waals surface area contributed by atoms with Crippen molar-refractivity contribution >= 4 is 17.6 Å². The van der Waals surface area contributed by atoms with Gasteiger partial charge in [-0.25, -0.2) is 9.07 Å². The summed E-state index contributed by atoms with van der Waals surface area (Å²) in [5.41, 5.74) is 0.799. The second-order valence-electron chi connectivity index (χ2n) is 3.78. The largest absolute Gasteiger partial charge is 0.375 e. The highest BCUT2D eigenvalue weighted by Gasteiger charge is 2.14. The topological polar surface area (TPSA) is 73.0 Å². The lowest BCUT2D eigenvalue weighted by Gasteiger charge is -2.05. The fraction of sp³-hybridized carbons (Fsp3) is 0.0833. The summed E-state index contributed by atoms with van der Waals surface area (Å²) in [6.07, 6.45) is 4.88. The van der Waals surface area contributed by atoms with Crippen molar-refractivity contribution < 1.29 is 9.31 Å². The average molecular weight is 262 g/mol. The molecule has 7 heteroatoms. The van der Waals surface area contributed by atoms with E-state index in [1.54, 1.807) is 12.4 Å². The molecule has 0 radical (unpaired) electrons. The van der Waals surface area contributed by atoms with Gasteiger partial charge in [0.15, 0.2) is 0 Å². The summed E-state index contributed by atoms with van der Waals surface area (Å²) in [5.74, 6) is -0.642. The van der Waals surface area contributed by atoms with Crippen LogP contribution in [0.4, 0.5) is 15.8 Å². The number of nitro benzene ring substituents is 1. The molecule has 0 bridgehead atoms. The normalized spacial score (nSPS) is 10.2. The molecule has 0 amide bonds. The van der Waals surface area contributed by atoms with Crippen molar-refractivity contribution in [3.8, 4) is 0 Å². The van der Waals surface area contributed by atoms with Gasteiger partial charge in [0.05, 0.1) is 17.2 Å². The van der Waals surface area contributed by atoms with Crippen LogP contribution in [-0.4, -0.2) is 14.7 Å². The highest BCUT2D eigenvalue weighted by atomic mass is 19.1. The molecule has 1 heterocycles. The second kappa shape index (κ2) is 5.30. The quantitative estimate of drug-likeness (QED) is 0.664. The zero-order valence-corrected chi connectivity index (χ0v) is 9.91. The molecule has 0 fully saturated rings. The molecule has 0 unspecified atom stereocenters. The Morgan fingerprint density at radius 3 is 3.00 bits per heavy atom. The third kappa shape index (κ3) is 2.95. The van der Waals surface area contributed by atoms with Crippen molar-refractivity contribution in [2.75, 3.05) is 5.32 Å². The fourth-order valence-corrected chi connectivity index (χ4v) is 1.57. The van der Waals surface area contributed by atoms with Crippen LogP contribution in [0.1, 0.15) is 5.56 Å². The Morgan fingerprint density at radius 1 is 1.58 bits per heavy atom. The van der Waals surface area contributed by atoms with Crippen molar-refractivity contribution in [2.45, 2.75) is 6.54 Å². The molecule has 0 saturated heterocycles. The van der Waals surface area contributed by atoms with Crippen LogP contribution in [0.2, 0.25) is 0 Å². The van der Waals surface area contributed by atoms with E-state index in [1.807, 2.05) is 0 Å². The molecule has 0 spiro atoms. The van der Waals surface area contributed by atoms with Gasteiger partial charge in [0, 0.05) is 24.5 Å². The van der Waals surface area contributed by atoms with Crippen molar-refractivity contribution in [3.05, 3.63) is 58.7 Å². The number of nitrogens with zero attached hydrogens (tertiary/aromatic N) is 3. The molecule has 2 aromatic rings. The van der Waals surface area contributed by atoms with Gasteiger partial charge in [-0.05, 0) is 12.1 Å². The first kappa shape index (κ1) is 12.7. The second-order valence-corrected chi connectivity index (χ2v) is 3.78. The monoisotopic (exact) mass is 262 g/mol. The molecule has 0 atom stereocenters. The Kier molecular flexibility index (Phi) is 3.56. The number of nitro groups is 1. The smallest absolute Gasteiger partial charge is 0.295 e. The molecular formula is C12H11FN4O2. The highest BCUT2D eigenvalue weighted by Crippen LogP contribution is 2.25. The predicted octanol–water partition coefficient (Wildman–Crippen LogP) is 2.64. The van der Waals surface area contributed by atoms with Gasteiger partial charge in [-0.3, -0.25) is 10.1 Å². The van der Waals surface area contributed by atoms with Gasteiger partial charge in [-0.15, -0.1) is 0 Å². The van der Waals surface area contributed by atoms with Crippen molar-refractivity contribution in [1.82, 2.24) is 9.78 Å². The van der Waals surface area contributed by atoms with Gasteiger partial charge in [0.1, 0.15) is 11.5 Å². The van der Waals surface area contributed by atoms with E-state index in [4.69, 9.17) is 0 Å². The fourth-order valence-electron chi connectivity index (χ4n) is 1.57. The standard InChI is InChI=1S/C12H11FN4O2/c1-2-16-8-9(7-15-16)6-14-11-4-3-10(13)5-12(11)17(18)19/h2-5,7-8,14H,1,6H2. The lowest BCUT2D eigenvalue weighted by Crippen LogP contribution is -2.02. The van der Waals surface area contributed by atoms with Crippen LogP contribution >= 0.6 is 0 Å². The summed E-state index contributed by atoms with van der Waals surface area (Å²) in [5, 5.41) is 17.7. The van der Waals surface area contributed by atoms with E-state index in [-0.39, 0.29) is 11.4 Å². The lowest BCUT2D eigenvalue weighted by molar-refractivity contribution is -0.384. The summed E-state index contributed by atoms with van der Waals surface area (Å²) >= 11 is 0. The first-order valence-corrected chi connectivity index (χ1v) is 5.43. The molecule has 1 aromatic carbocycles. The molecule has 0 aliphatic carbocycles. The summed E-state index contributed by atoms with van der Waals surface area (Å²) < 4.78 is 14.5. The minimum atomic E-state index is -0.642. The first-order valence-electron chi connectivity index (χ1n) is 5.43. The van der Waals surface area contributed by atoms with E-state index in [9.17, 15) is 14.5 Å². The Balaban J connectivity index is 2.14. The summed E-state index contributed by atoms with van der Waals surface area (Å²) in [6, 6.07) is 3.39. The highest BCUT2D eigenvalue weighted by molar-refractivity contribution is 5.61. The van der Waals surface area contributed by atoms with Crippen LogP contribution in [-0.2, 0) is 6.54 Å². The van der Waals surface area contributed by atoms with E-state index >= 15 is 0 Å². The maximum absolute atomic E-state index is 13.0. The van der Waals surface area contributed by atoms with Crippen LogP contribution in [0.5, 0.6) is 0 Å². The van der Waals surface area contributed by atoms with E-state index in [0.29, 0.717) is 6.54 Å². The number of nitrogens with one attached hydrogen (secondary N) is 1. The van der Waals surface area contributed by atoms with Crippen LogP contribution in [0.25, 0.3) is 6.20 Å². The predicted molar refractivity (Wildman–Crippen MR) is 69.0 cm³/mol. The van der Waals surface area contributed by atoms with Crippen molar-refractivity contribution in [1.29, 1.82) is 0 Å². The number of hydrogen-bond donors (Lipinski definition) is 1. The molecule has 98 valence electrons. The van der Waals surface area contributed by atoms with Crippen LogP contribution < -0.4 is 5.32 Å². The minimum absolute atomic E-state index is 0.262. The van der Waals surface area contributed by atoms with Gasteiger partial charge in [-0.1, -0.05) is 6.58 Å². The van der Waals surface area contributed by atoms with Crippen LogP contribution in [0.15, 0.2) is 37.2 Å². The Hall–Kier alpha value is -2.70. The van der Waals surface area contributed by atoms with E-state index in [1.165, 1.54) is 23.0 Å². The number of hydrogen-bond acceptors (Lipinski definition) is 4. The van der Waals surface area contributed by atoms with Gasteiger partial charge >= 0.3 is 0 Å². The number of aromatic nitrogens is 2. The molecule has 0 aliphatic rings. The van der Waals surface area contributed by atoms with E-state index < -0.39 is 10.7 Å². The van der Waals surface area contributed by atoms with Gasteiger partial charge in [0.25, 0.3) is 5.69 Å².